The molecule has 2 rings (SSSR count). The molecular formula is C17H25N3O2S. The van der Waals surface area contributed by atoms with Crippen molar-refractivity contribution in [1.82, 2.24) is 9.88 Å². The fourth-order valence-corrected chi connectivity index (χ4v) is 3.67. The Hall–Kier alpha value is -1.69. The first-order chi connectivity index (χ1) is 11.0. The third kappa shape index (κ3) is 6.14. The predicted octanol–water partition coefficient (Wildman–Crippen LogP) is 2.75. The molecule has 0 bridgehead atoms. The minimum Gasteiger partial charge on any atom is -0.368 e. The van der Waals surface area contributed by atoms with Gasteiger partial charge in [-0.15, -0.1) is 11.3 Å². The summed E-state index contributed by atoms with van der Waals surface area (Å²) in [6.07, 6.45) is 12.3. The molecule has 1 aromatic heterocycles. The minimum absolute atomic E-state index is 0.0163. The summed E-state index contributed by atoms with van der Waals surface area (Å²) in [6.45, 7) is 2.50. The highest BCUT2D eigenvalue weighted by atomic mass is 32.1. The molecule has 23 heavy (non-hydrogen) atoms. The smallest absolute Gasteiger partial charge is 0.247 e. The lowest BCUT2D eigenvalue weighted by molar-refractivity contribution is -0.131. The number of aromatic nitrogens is 1. The third-order valence-corrected chi connectivity index (χ3v) is 5.10. The zero-order valence-electron chi connectivity index (χ0n) is 13.7. The number of carbonyl (C=O) groups is 2. The first kappa shape index (κ1) is 17.7. The fraction of sp³-hybridized carbons (Fsp3) is 0.588. The molecule has 2 N–H and O–H groups in total. The van der Waals surface area contributed by atoms with Crippen molar-refractivity contribution in [3.05, 3.63) is 22.2 Å². The lowest BCUT2D eigenvalue weighted by Gasteiger charge is -2.25. The molecule has 1 aliphatic carbocycles. The van der Waals surface area contributed by atoms with Crippen LogP contribution in [0.5, 0.6) is 0 Å². The second kappa shape index (κ2) is 8.82. The number of hydrogen-bond donors (Lipinski definition) is 1. The molecule has 1 saturated carbocycles. The van der Waals surface area contributed by atoms with Crippen molar-refractivity contribution in [3.63, 3.8) is 0 Å². The van der Waals surface area contributed by atoms with Gasteiger partial charge in [0.2, 0.25) is 11.8 Å². The van der Waals surface area contributed by atoms with Crippen molar-refractivity contribution in [2.75, 3.05) is 13.1 Å². The molecule has 126 valence electrons. The Morgan fingerprint density at radius 3 is 2.74 bits per heavy atom. The molecule has 0 radical (unpaired) electrons. The summed E-state index contributed by atoms with van der Waals surface area (Å²) in [5, 5.41) is 0.961. The number of nitrogens with zero attached hydrogens (tertiary/aromatic N) is 2. The summed E-state index contributed by atoms with van der Waals surface area (Å²) < 4.78 is 0. The molecule has 0 spiro atoms. The molecule has 1 fully saturated rings. The maximum Gasteiger partial charge on any atom is 0.247 e. The van der Waals surface area contributed by atoms with E-state index in [0.29, 0.717) is 12.5 Å². The van der Waals surface area contributed by atoms with E-state index in [0.717, 1.165) is 16.3 Å². The first-order valence-electron chi connectivity index (χ1n) is 8.22. The quantitative estimate of drug-likeness (QED) is 0.778. The highest BCUT2D eigenvalue weighted by molar-refractivity contribution is 7.12. The van der Waals surface area contributed by atoms with Crippen LogP contribution in [-0.4, -0.2) is 34.8 Å². The van der Waals surface area contributed by atoms with Gasteiger partial charge in [0.25, 0.3) is 0 Å². The number of carbonyl (C=O) groups excluding carboxylic acids is 2. The van der Waals surface area contributed by atoms with Crippen LogP contribution in [0.3, 0.4) is 0 Å². The summed E-state index contributed by atoms with van der Waals surface area (Å²) in [5.74, 6) is 0.0368. The molecule has 2 amide bonds. The summed E-state index contributed by atoms with van der Waals surface area (Å²) in [7, 11) is 0. The van der Waals surface area contributed by atoms with Crippen LogP contribution in [0.25, 0.3) is 6.08 Å². The normalized spacial score (nSPS) is 15.9. The molecule has 0 unspecified atom stereocenters. The van der Waals surface area contributed by atoms with Gasteiger partial charge in [-0.2, -0.15) is 0 Å². The highest BCUT2D eigenvalue weighted by Gasteiger charge is 2.18. The molecule has 1 heterocycles. The number of thiazole rings is 1. The van der Waals surface area contributed by atoms with Gasteiger partial charge in [-0.1, -0.05) is 32.1 Å². The van der Waals surface area contributed by atoms with Crippen molar-refractivity contribution in [1.29, 1.82) is 0 Å². The van der Waals surface area contributed by atoms with E-state index in [2.05, 4.69) is 4.98 Å². The zero-order chi connectivity index (χ0) is 16.7. The number of rotatable bonds is 7. The molecule has 6 heteroatoms. The van der Waals surface area contributed by atoms with Crippen LogP contribution in [0, 0.1) is 12.8 Å². The monoisotopic (exact) mass is 335 g/mol. The van der Waals surface area contributed by atoms with Crippen LogP contribution in [0.4, 0.5) is 0 Å². The predicted molar refractivity (Wildman–Crippen MR) is 92.9 cm³/mol. The van der Waals surface area contributed by atoms with E-state index in [-0.39, 0.29) is 12.5 Å². The molecular weight excluding hydrogens is 310 g/mol. The largest absolute Gasteiger partial charge is 0.368 e. The van der Waals surface area contributed by atoms with E-state index in [1.54, 1.807) is 17.2 Å². The van der Waals surface area contributed by atoms with Crippen LogP contribution < -0.4 is 5.73 Å². The molecule has 1 aliphatic rings. The zero-order valence-corrected chi connectivity index (χ0v) is 14.5. The number of primary amides is 1. The average molecular weight is 335 g/mol. The third-order valence-electron chi connectivity index (χ3n) is 4.22. The van der Waals surface area contributed by atoms with Gasteiger partial charge in [-0.3, -0.25) is 9.59 Å². The van der Waals surface area contributed by atoms with Gasteiger partial charge in [0, 0.05) is 23.7 Å². The Bertz CT molecular complexity index is 562. The van der Waals surface area contributed by atoms with Crippen molar-refractivity contribution in [2.45, 2.75) is 45.4 Å². The standard InChI is InChI=1S/C17H25N3O2S/c1-13-19-11-15(23-13)7-8-17(22)20(12-16(18)21)10-9-14-5-3-2-4-6-14/h7-8,11,14H,2-6,9-10,12H2,1H3,(H2,18,21)/b8-7+. The molecule has 0 atom stereocenters. The second-order valence-electron chi connectivity index (χ2n) is 6.13. The van der Waals surface area contributed by atoms with E-state index >= 15 is 0 Å². The summed E-state index contributed by atoms with van der Waals surface area (Å²) in [5.41, 5.74) is 5.29. The molecule has 1 aromatic rings. The average Bonchev–Trinajstić information content (AvgIpc) is 2.95. The topological polar surface area (TPSA) is 76.3 Å². The highest BCUT2D eigenvalue weighted by Crippen LogP contribution is 2.26. The van der Waals surface area contributed by atoms with Gasteiger partial charge in [0.15, 0.2) is 0 Å². The Morgan fingerprint density at radius 1 is 1.39 bits per heavy atom. The maximum atomic E-state index is 12.3. The van der Waals surface area contributed by atoms with E-state index in [1.165, 1.54) is 49.5 Å². The Morgan fingerprint density at radius 2 is 2.13 bits per heavy atom. The van der Waals surface area contributed by atoms with Crippen LogP contribution in [0.2, 0.25) is 0 Å². The van der Waals surface area contributed by atoms with Gasteiger partial charge in [0.05, 0.1) is 11.6 Å². The Kier molecular flexibility index (Phi) is 6.77. The van der Waals surface area contributed by atoms with Crippen molar-refractivity contribution >= 4 is 29.2 Å². The number of aryl methyl sites for hydroxylation is 1. The van der Waals surface area contributed by atoms with Crippen molar-refractivity contribution in [2.24, 2.45) is 11.7 Å². The van der Waals surface area contributed by atoms with Crippen LogP contribution in [0.15, 0.2) is 12.3 Å². The summed E-state index contributed by atoms with van der Waals surface area (Å²) >= 11 is 1.53. The van der Waals surface area contributed by atoms with Crippen LogP contribution in [0.1, 0.15) is 48.4 Å². The minimum atomic E-state index is -0.468. The van der Waals surface area contributed by atoms with Gasteiger partial charge in [-0.25, -0.2) is 4.98 Å². The number of amides is 2. The van der Waals surface area contributed by atoms with Gasteiger partial charge in [0.1, 0.15) is 0 Å². The van der Waals surface area contributed by atoms with Crippen LogP contribution in [-0.2, 0) is 9.59 Å². The van der Waals surface area contributed by atoms with Crippen molar-refractivity contribution < 1.29 is 9.59 Å². The molecule has 0 aromatic carbocycles. The molecule has 0 saturated heterocycles. The number of nitrogens with two attached hydrogens (primary N) is 1. The lowest BCUT2D eigenvalue weighted by atomic mass is 9.87. The van der Waals surface area contributed by atoms with Crippen LogP contribution >= 0.6 is 11.3 Å². The number of hydrogen-bond acceptors (Lipinski definition) is 4. The summed E-state index contributed by atoms with van der Waals surface area (Å²) in [4.78, 5) is 30.2. The maximum absolute atomic E-state index is 12.3. The van der Waals surface area contributed by atoms with Gasteiger partial charge in [-0.05, 0) is 25.3 Å². The van der Waals surface area contributed by atoms with Gasteiger partial charge >= 0.3 is 0 Å². The summed E-state index contributed by atoms with van der Waals surface area (Å²) in [6, 6.07) is 0. The lowest BCUT2D eigenvalue weighted by Crippen LogP contribution is -2.38. The van der Waals surface area contributed by atoms with Gasteiger partial charge < -0.3 is 10.6 Å². The SMILES string of the molecule is Cc1ncc(/C=C/C(=O)N(CCC2CCCCC2)CC(N)=O)s1. The first-order valence-corrected chi connectivity index (χ1v) is 9.04. The fourth-order valence-electron chi connectivity index (χ4n) is 2.98. The van der Waals surface area contributed by atoms with E-state index in [1.807, 2.05) is 6.92 Å². The second-order valence-corrected chi connectivity index (χ2v) is 7.40. The molecule has 5 nitrogen and oxygen atoms in total. The van der Waals surface area contributed by atoms with E-state index in [9.17, 15) is 9.59 Å². The molecule has 0 aliphatic heterocycles. The van der Waals surface area contributed by atoms with Crippen molar-refractivity contribution in [3.8, 4) is 0 Å². The Balaban J connectivity index is 1.91. The Labute approximate surface area is 141 Å². The van der Waals surface area contributed by atoms with E-state index in [4.69, 9.17) is 5.73 Å². The van der Waals surface area contributed by atoms with E-state index < -0.39 is 5.91 Å².